The van der Waals surface area contributed by atoms with Crippen LogP contribution in [0.5, 0.6) is 0 Å². The van der Waals surface area contributed by atoms with Crippen molar-refractivity contribution in [2.75, 3.05) is 6.54 Å². The van der Waals surface area contributed by atoms with Crippen molar-refractivity contribution < 1.29 is 22.3 Å². The molecule has 1 N–H and O–H groups in total. The second kappa shape index (κ2) is 8.36. The van der Waals surface area contributed by atoms with Crippen molar-refractivity contribution in [2.45, 2.75) is 17.9 Å². The van der Waals surface area contributed by atoms with Gasteiger partial charge in [-0.15, -0.1) is 0 Å². The number of halogens is 2. The monoisotopic (exact) mass is 415 g/mol. The molecule has 2 aromatic rings. The molecule has 0 bridgehead atoms. The molecule has 0 heterocycles. The minimum Gasteiger partial charge on any atom is -0.461 e. The van der Waals surface area contributed by atoms with E-state index in [4.69, 9.17) is 4.74 Å². The van der Waals surface area contributed by atoms with E-state index in [0.717, 1.165) is 0 Å². The first-order chi connectivity index (χ1) is 11.4. The highest BCUT2D eigenvalue weighted by Gasteiger charge is 2.14. The Hall–Kier alpha value is -1.77. The molecule has 0 aliphatic rings. The normalized spacial score (nSPS) is 11.2. The van der Waals surface area contributed by atoms with Crippen LogP contribution in [0.3, 0.4) is 0 Å². The predicted octanol–water partition coefficient (Wildman–Crippen LogP) is 3.00. The summed E-state index contributed by atoms with van der Waals surface area (Å²) in [4.78, 5) is 11.8. The van der Waals surface area contributed by atoms with Gasteiger partial charge in [0.2, 0.25) is 10.0 Å². The Labute approximate surface area is 148 Å². The zero-order valence-corrected chi connectivity index (χ0v) is 14.9. The SMILES string of the molecule is O=C(CCNS(=O)(=O)c1ccccc1)OCc1ccc(F)cc1Br. The molecule has 0 amide bonds. The van der Waals surface area contributed by atoms with Crippen LogP contribution in [0, 0.1) is 5.82 Å². The fraction of sp³-hybridized carbons (Fsp3) is 0.188. The maximum absolute atomic E-state index is 13.0. The molecule has 8 heteroatoms. The van der Waals surface area contributed by atoms with Gasteiger partial charge in [-0.1, -0.05) is 40.2 Å². The fourth-order valence-electron chi connectivity index (χ4n) is 1.84. The molecule has 0 saturated carbocycles. The van der Waals surface area contributed by atoms with Gasteiger partial charge in [-0.25, -0.2) is 17.5 Å². The van der Waals surface area contributed by atoms with E-state index < -0.39 is 21.8 Å². The molecule has 5 nitrogen and oxygen atoms in total. The molecule has 0 radical (unpaired) electrons. The largest absolute Gasteiger partial charge is 0.461 e. The average molecular weight is 416 g/mol. The number of hydrogen-bond donors (Lipinski definition) is 1. The van der Waals surface area contributed by atoms with Crippen LogP contribution in [0.1, 0.15) is 12.0 Å². The van der Waals surface area contributed by atoms with E-state index in [-0.39, 0.29) is 24.5 Å². The predicted molar refractivity (Wildman–Crippen MR) is 90.1 cm³/mol. The highest BCUT2D eigenvalue weighted by molar-refractivity contribution is 9.10. The molecular weight excluding hydrogens is 401 g/mol. The summed E-state index contributed by atoms with van der Waals surface area (Å²) in [5.74, 6) is -0.950. The van der Waals surface area contributed by atoms with Gasteiger partial charge in [-0.05, 0) is 24.3 Å². The molecule has 0 fully saturated rings. The van der Waals surface area contributed by atoms with Crippen LogP contribution in [-0.4, -0.2) is 20.9 Å². The van der Waals surface area contributed by atoms with Crippen molar-refractivity contribution in [2.24, 2.45) is 0 Å². The van der Waals surface area contributed by atoms with E-state index in [1.807, 2.05) is 0 Å². The van der Waals surface area contributed by atoms with Gasteiger partial charge >= 0.3 is 5.97 Å². The maximum atomic E-state index is 13.0. The van der Waals surface area contributed by atoms with E-state index in [0.29, 0.717) is 10.0 Å². The standard InChI is InChI=1S/C16H15BrFNO4S/c17-15-10-13(18)7-6-12(15)11-23-16(20)8-9-19-24(21,22)14-4-2-1-3-5-14/h1-7,10,19H,8-9,11H2. The Morgan fingerprint density at radius 1 is 1.17 bits per heavy atom. The van der Waals surface area contributed by atoms with Crippen molar-refractivity contribution >= 4 is 31.9 Å². The second-order valence-corrected chi connectivity index (χ2v) is 7.48. The lowest BCUT2D eigenvalue weighted by molar-refractivity contribution is -0.144. The summed E-state index contributed by atoms with van der Waals surface area (Å²) in [6, 6.07) is 11.9. The summed E-state index contributed by atoms with van der Waals surface area (Å²) in [6.07, 6.45) is -0.106. The Balaban J connectivity index is 1.79. The van der Waals surface area contributed by atoms with Crippen molar-refractivity contribution in [1.29, 1.82) is 0 Å². The van der Waals surface area contributed by atoms with E-state index in [9.17, 15) is 17.6 Å². The molecule has 0 saturated heterocycles. The van der Waals surface area contributed by atoms with Crippen LogP contribution in [0.25, 0.3) is 0 Å². The van der Waals surface area contributed by atoms with Crippen LogP contribution < -0.4 is 4.72 Å². The van der Waals surface area contributed by atoms with E-state index in [2.05, 4.69) is 20.7 Å². The van der Waals surface area contributed by atoms with Gasteiger partial charge < -0.3 is 4.74 Å². The van der Waals surface area contributed by atoms with Crippen LogP contribution in [0.4, 0.5) is 4.39 Å². The first-order valence-corrected chi connectivity index (χ1v) is 9.30. The maximum Gasteiger partial charge on any atom is 0.307 e. The van der Waals surface area contributed by atoms with Crippen LogP contribution in [-0.2, 0) is 26.2 Å². The zero-order chi connectivity index (χ0) is 17.6. The summed E-state index contributed by atoms with van der Waals surface area (Å²) in [5, 5.41) is 0. The molecule has 0 spiro atoms. The molecule has 0 aromatic heterocycles. The second-order valence-electron chi connectivity index (χ2n) is 4.86. The number of nitrogens with one attached hydrogen (secondary N) is 1. The molecule has 0 aliphatic carbocycles. The fourth-order valence-corrected chi connectivity index (χ4v) is 3.36. The third kappa shape index (κ3) is 5.40. The highest BCUT2D eigenvalue weighted by atomic mass is 79.9. The smallest absolute Gasteiger partial charge is 0.307 e. The molecule has 2 rings (SSSR count). The van der Waals surface area contributed by atoms with Crippen LogP contribution in [0.15, 0.2) is 57.9 Å². The first kappa shape index (κ1) is 18.6. The van der Waals surface area contributed by atoms with Gasteiger partial charge in [-0.3, -0.25) is 4.79 Å². The number of rotatable bonds is 7. The number of ether oxygens (including phenoxy) is 1. The molecule has 2 aromatic carbocycles. The average Bonchev–Trinajstić information content (AvgIpc) is 2.55. The summed E-state index contributed by atoms with van der Waals surface area (Å²) in [6.45, 7) is -0.0915. The summed E-state index contributed by atoms with van der Waals surface area (Å²) >= 11 is 3.18. The first-order valence-electron chi connectivity index (χ1n) is 7.03. The molecule has 128 valence electrons. The summed E-state index contributed by atoms with van der Waals surface area (Å²) < 4.78 is 44.8. The van der Waals surface area contributed by atoms with Crippen molar-refractivity contribution in [3.05, 3.63) is 64.4 Å². The number of benzene rings is 2. The molecule has 0 unspecified atom stereocenters. The van der Waals surface area contributed by atoms with Gasteiger partial charge in [-0.2, -0.15) is 0 Å². The quantitative estimate of drug-likeness (QED) is 0.705. The van der Waals surface area contributed by atoms with Crippen molar-refractivity contribution in [3.63, 3.8) is 0 Å². The van der Waals surface area contributed by atoms with Gasteiger partial charge in [0, 0.05) is 16.6 Å². The zero-order valence-electron chi connectivity index (χ0n) is 12.5. The van der Waals surface area contributed by atoms with Gasteiger partial charge in [0.25, 0.3) is 0 Å². The van der Waals surface area contributed by atoms with Crippen LogP contribution >= 0.6 is 15.9 Å². The van der Waals surface area contributed by atoms with Crippen molar-refractivity contribution in [3.8, 4) is 0 Å². The van der Waals surface area contributed by atoms with E-state index >= 15 is 0 Å². The number of hydrogen-bond acceptors (Lipinski definition) is 4. The summed E-state index contributed by atoms with van der Waals surface area (Å²) in [7, 11) is -3.64. The molecule has 0 atom stereocenters. The Kier molecular flexibility index (Phi) is 6.47. The number of sulfonamides is 1. The number of esters is 1. The Bertz CT molecular complexity index is 812. The Morgan fingerprint density at radius 2 is 1.88 bits per heavy atom. The summed E-state index contributed by atoms with van der Waals surface area (Å²) in [5.41, 5.74) is 0.620. The lowest BCUT2D eigenvalue weighted by Crippen LogP contribution is -2.26. The highest BCUT2D eigenvalue weighted by Crippen LogP contribution is 2.19. The third-order valence-electron chi connectivity index (χ3n) is 3.08. The molecular formula is C16H15BrFNO4S. The third-order valence-corrected chi connectivity index (χ3v) is 5.29. The molecule has 24 heavy (non-hydrogen) atoms. The lowest BCUT2D eigenvalue weighted by atomic mass is 10.2. The van der Waals surface area contributed by atoms with Gasteiger partial charge in [0.05, 0.1) is 11.3 Å². The van der Waals surface area contributed by atoms with Gasteiger partial charge in [0.1, 0.15) is 12.4 Å². The van der Waals surface area contributed by atoms with Gasteiger partial charge in [0.15, 0.2) is 0 Å². The lowest BCUT2D eigenvalue weighted by Gasteiger charge is -2.08. The number of carbonyl (C=O) groups excluding carboxylic acids is 1. The molecule has 0 aliphatic heterocycles. The minimum atomic E-state index is -3.64. The Morgan fingerprint density at radius 3 is 2.54 bits per heavy atom. The minimum absolute atomic E-state index is 0.0227. The van der Waals surface area contributed by atoms with E-state index in [1.54, 1.807) is 18.2 Å². The topological polar surface area (TPSA) is 72.5 Å². The van der Waals surface area contributed by atoms with E-state index in [1.165, 1.54) is 30.3 Å². The number of carbonyl (C=O) groups is 1. The van der Waals surface area contributed by atoms with Crippen LogP contribution in [0.2, 0.25) is 0 Å². The van der Waals surface area contributed by atoms with Crippen molar-refractivity contribution in [1.82, 2.24) is 4.72 Å².